The van der Waals surface area contributed by atoms with Crippen molar-refractivity contribution < 1.29 is 4.63 Å². The van der Waals surface area contributed by atoms with E-state index in [0.29, 0.717) is 5.69 Å². The quantitative estimate of drug-likeness (QED) is 0.427. The number of hydrogen-bond donors (Lipinski definition) is 2. The summed E-state index contributed by atoms with van der Waals surface area (Å²) in [5.41, 5.74) is 11.8. The highest BCUT2D eigenvalue weighted by atomic mass is 16.6. The second-order valence-corrected chi connectivity index (χ2v) is 2.98. The third-order valence-corrected chi connectivity index (χ3v) is 1.80. The van der Waals surface area contributed by atoms with Crippen LogP contribution in [0, 0.1) is 0 Å². The SMILES string of the molecule is NC(=N/N=C\c1ccccn1)c1nonc1N. The van der Waals surface area contributed by atoms with Gasteiger partial charge in [-0.15, -0.1) is 5.10 Å². The lowest BCUT2D eigenvalue weighted by molar-refractivity contribution is 0.308. The van der Waals surface area contributed by atoms with Crippen LogP contribution in [0.1, 0.15) is 11.4 Å². The molecule has 0 unspecified atom stereocenters. The van der Waals surface area contributed by atoms with E-state index >= 15 is 0 Å². The van der Waals surface area contributed by atoms with E-state index in [2.05, 4.69) is 30.1 Å². The summed E-state index contributed by atoms with van der Waals surface area (Å²) >= 11 is 0. The number of nitrogens with zero attached hydrogens (tertiary/aromatic N) is 5. The van der Waals surface area contributed by atoms with Crippen molar-refractivity contribution in [2.45, 2.75) is 0 Å². The Morgan fingerprint density at radius 3 is 2.88 bits per heavy atom. The maximum absolute atomic E-state index is 5.58. The molecule has 0 saturated heterocycles. The fraction of sp³-hybridized carbons (Fsp3) is 0. The Morgan fingerprint density at radius 1 is 1.35 bits per heavy atom. The molecular formula is C9H9N7O. The number of anilines is 1. The smallest absolute Gasteiger partial charge is 0.199 e. The highest BCUT2D eigenvalue weighted by Crippen LogP contribution is 2.02. The van der Waals surface area contributed by atoms with Crippen molar-refractivity contribution in [1.82, 2.24) is 15.3 Å². The Kier molecular flexibility index (Phi) is 3.05. The minimum absolute atomic E-state index is 0.0240. The van der Waals surface area contributed by atoms with Crippen LogP contribution in [0.4, 0.5) is 5.82 Å². The molecule has 0 fully saturated rings. The number of amidine groups is 1. The van der Waals surface area contributed by atoms with Gasteiger partial charge in [-0.2, -0.15) is 5.10 Å². The Hall–Kier alpha value is -2.77. The van der Waals surface area contributed by atoms with Gasteiger partial charge in [0.05, 0.1) is 11.9 Å². The fourth-order valence-electron chi connectivity index (χ4n) is 1.02. The zero-order chi connectivity index (χ0) is 12.1. The summed E-state index contributed by atoms with van der Waals surface area (Å²) in [5.74, 6) is 0.0928. The summed E-state index contributed by atoms with van der Waals surface area (Å²) in [6.45, 7) is 0. The van der Waals surface area contributed by atoms with Crippen LogP contribution in [0.25, 0.3) is 0 Å². The minimum Gasteiger partial charge on any atom is -0.380 e. The van der Waals surface area contributed by atoms with Gasteiger partial charge in [-0.3, -0.25) is 4.98 Å². The van der Waals surface area contributed by atoms with Gasteiger partial charge >= 0.3 is 0 Å². The second kappa shape index (κ2) is 4.84. The lowest BCUT2D eigenvalue weighted by atomic mass is 10.4. The molecule has 8 nitrogen and oxygen atoms in total. The zero-order valence-electron chi connectivity index (χ0n) is 8.69. The van der Waals surface area contributed by atoms with Crippen molar-refractivity contribution in [3.63, 3.8) is 0 Å². The number of nitrogen functional groups attached to an aromatic ring is 1. The first-order valence-corrected chi connectivity index (χ1v) is 4.63. The van der Waals surface area contributed by atoms with Crippen LogP contribution >= 0.6 is 0 Å². The van der Waals surface area contributed by atoms with E-state index in [-0.39, 0.29) is 17.3 Å². The molecule has 2 rings (SSSR count). The molecule has 0 aliphatic carbocycles. The lowest BCUT2D eigenvalue weighted by Gasteiger charge is -1.91. The summed E-state index contributed by atoms with van der Waals surface area (Å²) in [4.78, 5) is 4.03. The van der Waals surface area contributed by atoms with Crippen LogP contribution in [-0.2, 0) is 0 Å². The van der Waals surface area contributed by atoms with Crippen molar-refractivity contribution in [3.8, 4) is 0 Å². The molecule has 17 heavy (non-hydrogen) atoms. The monoisotopic (exact) mass is 231 g/mol. The predicted octanol–water partition coefficient (Wildman–Crippen LogP) is -0.214. The van der Waals surface area contributed by atoms with Crippen LogP contribution in [-0.4, -0.2) is 27.3 Å². The van der Waals surface area contributed by atoms with Crippen molar-refractivity contribution in [1.29, 1.82) is 0 Å². The third-order valence-electron chi connectivity index (χ3n) is 1.80. The fourth-order valence-corrected chi connectivity index (χ4v) is 1.02. The first kappa shape index (κ1) is 10.7. The van der Waals surface area contributed by atoms with E-state index in [4.69, 9.17) is 11.5 Å². The van der Waals surface area contributed by atoms with Crippen LogP contribution in [0.15, 0.2) is 39.2 Å². The highest BCUT2D eigenvalue weighted by molar-refractivity contribution is 5.99. The second-order valence-electron chi connectivity index (χ2n) is 2.98. The Bertz CT molecular complexity index is 545. The van der Waals surface area contributed by atoms with Gasteiger partial charge in [0.15, 0.2) is 17.3 Å². The van der Waals surface area contributed by atoms with Gasteiger partial charge in [0.25, 0.3) is 0 Å². The first-order valence-electron chi connectivity index (χ1n) is 4.63. The summed E-state index contributed by atoms with van der Waals surface area (Å²) in [5, 5.41) is 14.3. The summed E-state index contributed by atoms with van der Waals surface area (Å²) in [6, 6.07) is 5.42. The molecular weight excluding hydrogens is 222 g/mol. The molecule has 2 heterocycles. The molecule has 0 bridgehead atoms. The van der Waals surface area contributed by atoms with Gasteiger partial charge in [0, 0.05) is 6.20 Å². The largest absolute Gasteiger partial charge is 0.380 e. The molecule has 0 amide bonds. The standard InChI is InChI=1S/C9H9N7O/c10-8(7-9(11)16-17-15-7)14-13-5-6-3-1-2-4-12-6/h1-5H,(H2,10,14)(H2,11,16)/b13-5-. The van der Waals surface area contributed by atoms with E-state index in [1.807, 2.05) is 6.07 Å². The van der Waals surface area contributed by atoms with Gasteiger partial charge in [-0.1, -0.05) is 6.07 Å². The molecule has 0 spiro atoms. The molecule has 0 aliphatic heterocycles. The number of hydrogen-bond acceptors (Lipinski definition) is 7. The minimum atomic E-state index is 0.0240. The molecule has 2 aromatic heterocycles. The van der Waals surface area contributed by atoms with Gasteiger partial charge in [-0.05, 0) is 22.4 Å². The predicted molar refractivity (Wildman–Crippen MR) is 61.3 cm³/mol. The maximum atomic E-state index is 5.58. The van der Waals surface area contributed by atoms with Crippen molar-refractivity contribution in [2.75, 3.05) is 5.73 Å². The molecule has 8 heteroatoms. The summed E-state index contributed by atoms with van der Waals surface area (Å²) in [6.07, 6.45) is 3.10. The molecule has 86 valence electrons. The average Bonchev–Trinajstić information content (AvgIpc) is 2.77. The van der Waals surface area contributed by atoms with E-state index in [0.717, 1.165) is 0 Å². The molecule has 0 atom stereocenters. The van der Waals surface area contributed by atoms with Crippen LogP contribution < -0.4 is 11.5 Å². The lowest BCUT2D eigenvalue weighted by Crippen LogP contribution is -2.15. The molecule has 0 saturated carbocycles. The normalized spacial score (nSPS) is 12.1. The molecule has 4 N–H and O–H groups in total. The van der Waals surface area contributed by atoms with Crippen LogP contribution in [0.2, 0.25) is 0 Å². The van der Waals surface area contributed by atoms with Gasteiger partial charge in [0.2, 0.25) is 0 Å². The van der Waals surface area contributed by atoms with E-state index in [9.17, 15) is 0 Å². The molecule has 2 aromatic rings. The average molecular weight is 231 g/mol. The maximum Gasteiger partial charge on any atom is 0.199 e. The molecule has 0 aromatic carbocycles. The molecule has 0 radical (unpaired) electrons. The summed E-state index contributed by atoms with van der Waals surface area (Å²) in [7, 11) is 0. The number of pyridine rings is 1. The van der Waals surface area contributed by atoms with Crippen molar-refractivity contribution >= 4 is 17.9 Å². The first-order chi connectivity index (χ1) is 8.27. The third kappa shape index (κ3) is 2.62. The van der Waals surface area contributed by atoms with Gasteiger partial charge in [-0.25, -0.2) is 4.63 Å². The number of nitrogens with two attached hydrogens (primary N) is 2. The highest BCUT2D eigenvalue weighted by Gasteiger charge is 2.09. The van der Waals surface area contributed by atoms with Crippen molar-refractivity contribution in [2.24, 2.45) is 15.9 Å². The van der Waals surface area contributed by atoms with E-state index < -0.39 is 0 Å². The Balaban J connectivity index is 2.11. The summed E-state index contributed by atoms with van der Waals surface area (Å²) < 4.78 is 4.38. The Labute approximate surface area is 96.0 Å². The number of rotatable bonds is 3. The van der Waals surface area contributed by atoms with Gasteiger partial charge in [0.1, 0.15) is 0 Å². The van der Waals surface area contributed by atoms with E-state index in [1.54, 1.807) is 18.3 Å². The Morgan fingerprint density at radius 2 is 2.24 bits per heavy atom. The van der Waals surface area contributed by atoms with Crippen molar-refractivity contribution in [3.05, 3.63) is 35.8 Å². The van der Waals surface area contributed by atoms with Gasteiger partial charge < -0.3 is 11.5 Å². The molecule has 0 aliphatic rings. The van der Waals surface area contributed by atoms with Crippen LogP contribution in [0.5, 0.6) is 0 Å². The van der Waals surface area contributed by atoms with E-state index in [1.165, 1.54) is 6.21 Å². The number of aromatic nitrogens is 3. The topological polar surface area (TPSA) is 129 Å². The van der Waals surface area contributed by atoms with Crippen LogP contribution in [0.3, 0.4) is 0 Å². The zero-order valence-corrected chi connectivity index (χ0v) is 8.69.